The molecule has 1 aliphatic rings. The summed E-state index contributed by atoms with van der Waals surface area (Å²) in [5.74, 6) is -0.507. The fraction of sp³-hybridized carbons (Fsp3) is 0.130. The maximum atomic E-state index is 12.5. The molecule has 3 aromatic rings. The van der Waals surface area contributed by atoms with Gasteiger partial charge in [-0.25, -0.2) is 0 Å². The lowest BCUT2D eigenvalue weighted by Gasteiger charge is -2.16. The SMILES string of the molecule is O=CC(c1ccc(C(=O)c2ccccc2)cc1)C1CC(c2cccnc2)=NO1. The Kier molecular flexibility index (Phi) is 5.06. The van der Waals surface area contributed by atoms with E-state index in [4.69, 9.17) is 4.84 Å². The normalized spacial score (nSPS) is 16.7. The van der Waals surface area contributed by atoms with Crippen LogP contribution in [0.1, 0.15) is 39.4 Å². The highest BCUT2D eigenvalue weighted by Crippen LogP contribution is 2.28. The maximum Gasteiger partial charge on any atom is 0.193 e. The van der Waals surface area contributed by atoms with Crippen LogP contribution in [0.2, 0.25) is 0 Å². The Morgan fingerprint density at radius 3 is 2.43 bits per heavy atom. The van der Waals surface area contributed by atoms with Crippen LogP contribution in [0.3, 0.4) is 0 Å². The molecule has 2 atom stereocenters. The van der Waals surface area contributed by atoms with Gasteiger partial charge in [-0.05, 0) is 17.7 Å². The molecular formula is C23H18N2O3. The van der Waals surface area contributed by atoms with E-state index in [0.29, 0.717) is 17.5 Å². The van der Waals surface area contributed by atoms with Crippen LogP contribution < -0.4 is 0 Å². The molecule has 2 heterocycles. The monoisotopic (exact) mass is 370 g/mol. The summed E-state index contributed by atoms with van der Waals surface area (Å²) in [4.78, 5) is 33.9. The van der Waals surface area contributed by atoms with Crippen LogP contribution in [0.15, 0.2) is 84.3 Å². The van der Waals surface area contributed by atoms with Gasteiger partial charge in [-0.3, -0.25) is 9.78 Å². The third-order valence-corrected chi connectivity index (χ3v) is 4.83. The summed E-state index contributed by atoms with van der Waals surface area (Å²) in [5, 5.41) is 4.13. The number of ketones is 1. The number of benzene rings is 2. The molecule has 0 radical (unpaired) electrons. The molecule has 138 valence electrons. The van der Waals surface area contributed by atoms with Gasteiger partial charge in [0, 0.05) is 35.5 Å². The molecular weight excluding hydrogens is 352 g/mol. The first kappa shape index (κ1) is 17.8. The van der Waals surface area contributed by atoms with Crippen molar-refractivity contribution >= 4 is 17.8 Å². The summed E-state index contributed by atoms with van der Waals surface area (Å²) in [6.07, 6.45) is 4.46. The summed E-state index contributed by atoms with van der Waals surface area (Å²) in [5.41, 5.74) is 3.68. The Morgan fingerprint density at radius 2 is 1.75 bits per heavy atom. The molecule has 4 rings (SSSR count). The van der Waals surface area contributed by atoms with Gasteiger partial charge in [-0.1, -0.05) is 59.8 Å². The molecule has 0 saturated carbocycles. The highest BCUT2D eigenvalue weighted by molar-refractivity contribution is 6.09. The van der Waals surface area contributed by atoms with Crippen molar-refractivity contribution in [2.45, 2.75) is 18.4 Å². The number of hydrogen-bond acceptors (Lipinski definition) is 5. The largest absolute Gasteiger partial charge is 0.391 e. The standard InChI is InChI=1S/C23H18N2O3/c26-15-20(22-13-21(25-28-22)19-7-4-12-24-14-19)16-8-10-18(11-9-16)23(27)17-5-2-1-3-6-17/h1-12,14-15,20,22H,13H2. The number of oxime groups is 1. The van der Waals surface area contributed by atoms with Crippen molar-refractivity contribution in [2.75, 3.05) is 0 Å². The molecule has 5 nitrogen and oxygen atoms in total. The van der Waals surface area contributed by atoms with Gasteiger partial charge in [0.1, 0.15) is 12.4 Å². The lowest BCUT2D eigenvalue weighted by molar-refractivity contribution is -0.111. The van der Waals surface area contributed by atoms with Crippen LogP contribution in [0.25, 0.3) is 0 Å². The molecule has 1 aliphatic heterocycles. The van der Waals surface area contributed by atoms with Crippen molar-refractivity contribution in [3.63, 3.8) is 0 Å². The Balaban J connectivity index is 1.49. The number of carbonyl (C=O) groups is 2. The van der Waals surface area contributed by atoms with E-state index in [9.17, 15) is 9.59 Å². The van der Waals surface area contributed by atoms with E-state index in [-0.39, 0.29) is 11.9 Å². The van der Waals surface area contributed by atoms with Crippen molar-refractivity contribution in [3.05, 3.63) is 101 Å². The van der Waals surface area contributed by atoms with E-state index >= 15 is 0 Å². The maximum absolute atomic E-state index is 12.5. The molecule has 0 fully saturated rings. The van der Waals surface area contributed by atoms with Crippen molar-refractivity contribution in [1.82, 2.24) is 4.98 Å². The van der Waals surface area contributed by atoms with E-state index in [1.165, 1.54) is 0 Å². The number of hydrogen-bond donors (Lipinski definition) is 0. The van der Waals surface area contributed by atoms with Crippen molar-refractivity contribution < 1.29 is 14.4 Å². The molecule has 2 aromatic carbocycles. The number of pyridine rings is 1. The van der Waals surface area contributed by atoms with Gasteiger partial charge >= 0.3 is 0 Å². The highest BCUT2D eigenvalue weighted by atomic mass is 16.6. The minimum absolute atomic E-state index is 0.0471. The molecule has 0 amide bonds. The molecule has 2 unspecified atom stereocenters. The van der Waals surface area contributed by atoms with E-state index in [1.807, 2.05) is 30.3 Å². The first-order chi connectivity index (χ1) is 13.8. The lowest BCUT2D eigenvalue weighted by Crippen LogP contribution is -2.20. The second-order valence-corrected chi connectivity index (χ2v) is 6.61. The second-order valence-electron chi connectivity index (χ2n) is 6.61. The van der Waals surface area contributed by atoms with Gasteiger partial charge in [0.25, 0.3) is 0 Å². The Hall–Kier alpha value is -3.60. The first-order valence-electron chi connectivity index (χ1n) is 9.04. The van der Waals surface area contributed by atoms with Crippen LogP contribution >= 0.6 is 0 Å². The predicted molar refractivity (Wildman–Crippen MR) is 105 cm³/mol. The Labute approximate surface area is 162 Å². The van der Waals surface area contributed by atoms with Gasteiger partial charge in [-0.15, -0.1) is 0 Å². The van der Waals surface area contributed by atoms with E-state index in [1.54, 1.807) is 48.8 Å². The third kappa shape index (κ3) is 3.60. The molecule has 0 spiro atoms. The summed E-state index contributed by atoms with van der Waals surface area (Å²) in [6, 6.07) is 20.0. The van der Waals surface area contributed by atoms with Crippen molar-refractivity contribution in [3.8, 4) is 0 Å². The molecule has 0 aliphatic carbocycles. The van der Waals surface area contributed by atoms with Crippen LogP contribution in [-0.4, -0.2) is 28.9 Å². The topological polar surface area (TPSA) is 68.6 Å². The quantitative estimate of drug-likeness (QED) is 0.489. The van der Waals surface area contributed by atoms with Gasteiger partial charge in [-0.2, -0.15) is 0 Å². The minimum Gasteiger partial charge on any atom is -0.391 e. The van der Waals surface area contributed by atoms with Gasteiger partial charge in [0.15, 0.2) is 5.78 Å². The van der Waals surface area contributed by atoms with Crippen LogP contribution in [-0.2, 0) is 9.63 Å². The van der Waals surface area contributed by atoms with Crippen molar-refractivity contribution in [1.29, 1.82) is 0 Å². The zero-order valence-corrected chi connectivity index (χ0v) is 15.1. The summed E-state index contributed by atoms with van der Waals surface area (Å²) < 4.78 is 0. The zero-order valence-electron chi connectivity index (χ0n) is 15.1. The smallest absolute Gasteiger partial charge is 0.193 e. The zero-order chi connectivity index (χ0) is 19.3. The fourth-order valence-electron chi connectivity index (χ4n) is 3.29. The van der Waals surface area contributed by atoms with E-state index in [2.05, 4.69) is 10.1 Å². The van der Waals surface area contributed by atoms with E-state index < -0.39 is 5.92 Å². The van der Waals surface area contributed by atoms with Crippen LogP contribution in [0.5, 0.6) is 0 Å². The molecule has 0 saturated heterocycles. The van der Waals surface area contributed by atoms with Gasteiger partial charge < -0.3 is 9.63 Å². The number of carbonyl (C=O) groups excluding carboxylic acids is 2. The van der Waals surface area contributed by atoms with Crippen molar-refractivity contribution in [2.24, 2.45) is 5.16 Å². The summed E-state index contributed by atoms with van der Waals surface area (Å²) >= 11 is 0. The van der Waals surface area contributed by atoms with Crippen LogP contribution in [0, 0.1) is 0 Å². The predicted octanol–water partition coefficient (Wildman–Crippen LogP) is 3.79. The minimum atomic E-state index is -0.459. The Morgan fingerprint density at radius 1 is 1.00 bits per heavy atom. The average Bonchev–Trinajstić information content (AvgIpc) is 3.25. The van der Waals surface area contributed by atoms with Gasteiger partial charge in [0.05, 0.1) is 11.6 Å². The molecule has 0 bridgehead atoms. The number of nitrogens with zero attached hydrogens (tertiary/aromatic N) is 2. The van der Waals surface area contributed by atoms with Crippen LogP contribution in [0.4, 0.5) is 0 Å². The lowest BCUT2D eigenvalue weighted by atomic mass is 9.90. The van der Waals surface area contributed by atoms with Gasteiger partial charge in [0.2, 0.25) is 0 Å². The third-order valence-electron chi connectivity index (χ3n) is 4.83. The average molecular weight is 370 g/mol. The Bertz CT molecular complexity index is 999. The number of aromatic nitrogens is 1. The molecule has 1 aromatic heterocycles. The van der Waals surface area contributed by atoms with E-state index in [0.717, 1.165) is 23.1 Å². The molecule has 28 heavy (non-hydrogen) atoms. The second kappa shape index (κ2) is 7.96. The fourth-order valence-corrected chi connectivity index (χ4v) is 3.29. The summed E-state index contributed by atoms with van der Waals surface area (Å²) in [6.45, 7) is 0. The molecule has 5 heteroatoms. The highest BCUT2D eigenvalue weighted by Gasteiger charge is 2.31. The number of aldehydes is 1. The summed E-state index contributed by atoms with van der Waals surface area (Å²) in [7, 11) is 0. The number of rotatable bonds is 6. The molecule has 0 N–H and O–H groups in total. The first-order valence-corrected chi connectivity index (χ1v) is 9.04.